The van der Waals surface area contributed by atoms with E-state index < -0.39 is 15.6 Å². The minimum atomic E-state index is -3.60. The number of hydrogen-bond acceptors (Lipinski definition) is 4. The fraction of sp³-hybridized carbons (Fsp3) is 0.562. The Balaban J connectivity index is 2.17. The summed E-state index contributed by atoms with van der Waals surface area (Å²) in [5, 5.41) is 2.79. The van der Waals surface area contributed by atoms with Crippen LogP contribution in [-0.4, -0.2) is 32.5 Å². The molecule has 128 valence electrons. The number of nitrogens with two attached hydrogens (primary N) is 1. The summed E-state index contributed by atoms with van der Waals surface area (Å²) in [7, 11) is -3.60. The zero-order valence-corrected chi connectivity index (χ0v) is 14.4. The molecule has 0 atom stereocenters. The van der Waals surface area contributed by atoms with Crippen LogP contribution in [0.4, 0.5) is 0 Å². The number of sulfonamides is 1. The number of rotatable bonds is 6. The lowest BCUT2D eigenvalue weighted by Crippen LogP contribution is -2.48. The maximum absolute atomic E-state index is 12.4. The Bertz CT molecular complexity index is 665. The maximum atomic E-state index is 12.4. The van der Waals surface area contributed by atoms with Crippen molar-refractivity contribution in [2.75, 3.05) is 6.54 Å². The van der Waals surface area contributed by atoms with Crippen molar-refractivity contribution in [3.63, 3.8) is 0 Å². The summed E-state index contributed by atoms with van der Waals surface area (Å²) in [4.78, 5) is 12.4. The molecule has 1 aliphatic carbocycles. The molecule has 0 radical (unpaired) electrons. The van der Waals surface area contributed by atoms with E-state index in [1.54, 1.807) is 12.1 Å². The average molecular weight is 339 g/mol. The monoisotopic (exact) mass is 339 g/mol. The van der Waals surface area contributed by atoms with Gasteiger partial charge in [-0.2, -0.15) is 0 Å². The van der Waals surface area contributed by atoms with Crippen LogP contribution in [-0.2, 0) is 10.0 Å². The lowest BCUT2D eigenvalue weighted by molar-refractivity contribution is 0.0915. The second-order valence-electron chi connectivity index (χ2n) is 6.67. The molecule has 6 nitrogen and oxygen atoms in total. The highest BCUT2D eigenvalue weighted by Gasteiger charge is 2.24. The quantitative estimate of drug-likeness (QED) is 0.728. The SMILES string of the molecule is CC(C)(CN)NC(=O)c1cccc(S(=O)(=O)NC2CCCC2)c1. The van der Waals surface area contributed by atoms with Crippen LogP contribution in [0.15, 0.2) is 29.2 Å². The molecule has 23 heavy (non-hydrogen) atoms. The molecule has 1 aromatic carbocycles. The molecule has 1 aromatic rings. The van der Waals surface area contributed by atoms with Gasteiger partial charge < -0.3 is 11.1 Å². The van der Waals surface area contributed by atoms with Gasteiger partial charge in [-0.3, -0.25) is 4.79 Å². The molecular formula is C16H25N3O3S. The Kier molecular flexibility index (Phi) is 5.44. The van der Waals surface area contributed by atoms with Crippen LogP contribution in [0.2, 0.25) is 0 Å². The molecule has 1 saturated carbocycles. The van der Waals surface area contributed by atoms with E-state index in [-0.39, 0.29) is 16.8 Å². The molecular weight excluding hydrogens is 314 g/mol. The van der Waals surface area contributed by atoms with Crippen LogP contribution < -0.4 is 15.8 Å². The number of carbonyl (C=O) groups is 1. The topological polar surface area (TPSA) is 101 Å². The smallest absolute Gasteiger partial charge is 0.251 e. The Morgan fingerprint density at radius 1 is 1.30 bits per heavy atom. The Hall–Kier alpha value is -1.44. The third-order valence-corrected chi connectivity index (χ3v) is 5.56. The highest BCUT2D eigenvalue weighted by atomic mass is 32.2. The van der Waals surface area contributed by atoms with E-state index in [1.165, 1.54) is 12.1 Å². The number of nitrogens with one attached hydrogen (secondary N) is 2. The summed E-state index contributed by atoms with van der Waals surface area (Å²) < 4.78 is 27.6. The van der Waals surface area contributed by atoms with Crippen LogP contribution in [0.5, 0.6) is 0 Å². The highest BCUT2D eigenvalue weighted by Crippen LogP contribution is 2.21. The van der Waals surface area contributed by atoms with Gasteiger partial charge in [0.1, 0.15) is 0 Å². The van der Waals surface area contributed by atoms with Gasteiger partial charge in [-0.1, -0.05) is 18.9 Å². The fourth-order valence-corrected chi connectivity index (χ4v) is 3.92. The van der Waals surface area contributed by atoms with Crippen LogP contribution in [0.3, 0.4) is 0 Å². The molecule has 1 aliphatic rings. The molecule has 4 N–H and O–H groups in total. The first kappa shape index (κ1) is 17.9. The molecule has 1 amide bonds. The van der Waals surface area contributed by atoms with Crippen LogP contribution in [0.1, 0.15) is 49.9 Å². The first-order valence-electron chi connectivity index (χ1n) is 7.88. The van der Waals surface area contributed by atoms with Gasteiger partial charge in [0.25, 0.3) is 5.91 Å². The van der Waals surface area contributed by atoms with Crippen molar-refractivity contribution in [3.8, 4) is 0 Å². The number of amides is 1. The first-order chi connectivity index (χ1) is 10.7. The Labute approximate surface area is 137 Å². The molecule has 0 unspecified atom stereocenters. The van der Waals surface area contributed by atoms with Crippen LogP contribution >= 0.6 is 0 Å². The van der Waals surface area contributed by atoms with Crippen LogP contribution in [0.25, 0.3) is 0 Å². The second kappa shape index (κ2) is 6.98. The predicted molar refractivity (Wildman–Crippen MR) is 89.6 cm³/mol. The molecule has 0 heterocycles. The predicted octanol–water partition coefficient (Wildman–Crippen LogP) is 1.37. The van der Waals surface area contributed by atoms with Gasteiger partial charge in [0.2, 0.25) is 10.0 Å². The summed E-state index contributed by atoms with van der Waals surface area (Å²) in [5.74, 6) is -0.335. The van der Waals surface area contributed by atoms with Crippen LogP contribution in [0, 0.1) is 0 Å². The van der Waals surface area contributed by atoms with Crippen molar-refractivity contribution in [1.82, 2.24) is 10.0 Å². The van der Waals surface area contributed by atoms with Crippen molar-refractivity contribution in [1.29, 1.82) is 0 Å². The van der Waals surface area contributed by atoms with Gasteiger partial charge in [-0.25, -0.2) is 13.1 Å². The van der Waals surface area contributed by atoms with Gasteiger partial charge in [0.15, 0.2) is 0 Å². The molecule has 0 spiro atoms. The highest BCUT2D eigenvalue weighted by molar-refractivity contribution is 7.89. The molecule has 0 aromatic heterocycles. The van der Waals surface area contributed by atoms with Crippen molar-refractivity contribution in [2.45, 2.75) is 56.0 Å². The summed E-state index contributed by atoms with van der Waals surface area (Å²) in [6, 6.07) is 6.07. The van der Waals surface area contributed by atoms with E-state index >= 15 is 0 Å². The van der Waals surface area contributed by atoms with E-state index in [4.69, 9.17) is 5.73 Å². The zero-order valence-electron chi connectivity index (χ0n) is 13.6. The van der Waals surface area contributed by atoms with Gasteiger partial charge >= 0.3 is 0 Å². The van der Waals surface area contributed by atoms with E-state index in [0.717, 1.165) is 25.7 Å². The van der Waals surface area contributed by atoms with Gasteiger partial charge in [-0.15, -0.1) is 0 Å². The summed E-state index contributed by atoms with van der Waals surface area (Å²) >= 11 is 0. The zero-order chi connectivity index (χ0) is 17.1. The molecule has 0 saturated heterocycles. The number of carbonyl (C=O) groups excluding carboxylic acids is 1. The summed E-state index contributed by atoms with van der Waals surface area (Å²) in [6.07, 6.45) is 3.82. The molecule has 0 bridgehead atoms. The second-order valence-corrected chi connectivity index (χ2v) is 8.39. The number of hydrogen-bond donors (Lipinski definition) is 3. The van der Waals surface area contributed by atoms with E-state index in [2.05, 4.69) is 10.0 Å². The molecule has 2 rings (SSSR count). The van der Waals surface area contributed by atoms with Gasteiger partial charge in [0, 0.05) is 23.7 Å². The summed E-state index contributed by atoms with van der Waals surface area (Å²) in [5.41, 5.74) is 5.36. The minimum Gasteiger partial charge on any atom is -0.346 e. The number of benzene rings is 1. The fourth-order valence-electron chi connectivity index (χ4n) is 2.57. The minimum absolute atomic E-state index is 0.00587. The standard InChI is InChI=1S/C16H25N3O3S/c1-16(2,11-17)18-15(20)12-6-5-9-14(10-12)23(21,22)19-13-7-3-4-8-13/h5-6,9-10,13,19H,3-4,7-8,11,17H2,1-2H3,(H,18,20). The third kappa shape index (κ3) is 4.76. The Morgan fingerprint density at radius 2 is 1.96 bits per heavy atom. The van der Waals surface area contributed by atoms with Gasteiger partial charge in [-0.05, 0) is 44.9 Å². The Morgan fingerprint density at radius 3 is 2.57 bits per heavy atom. The van der Waals surface area contributed by atoms with E-state index in [9.17, 15) is 13.2 Å². The van der Waals surface area contributed by atoms with E-state index in [1.807, 2.05) is 13.8 Å². The average Bonchev–Trinajstić information content (AvgIpc) is 2.99. The lowest BCUT2D eigenvalue weighted by atomic mass is 10.1. The first-order valence-corrected chi connectivity index (χ1v) is 9.37. The maximum Gasteiger partial charge on any atom is 0.251 e. The molecule has 0 aliphatic heterocycles. The van der Waals surface area contributed by atoms with E-state index in [0.29, 0.717) is 12.1 Å². The third-order valence-electron chi connectivity index (χ3n) is 4.05. The lowest BCUT2D eigenvalue weighted by Gasteiger charge is -2.24. The van der Waals surface area contributed by atoms with Crippen molar-refractivity contribution in [2.24, 2.45) is 5.73 Å². The van der Waals surface area contributed by atoms with Gasteiger partial charge in [0.05, 0.1) is 4.90 Å². The normalized spacial score (nSPS) is 16.5. The summed E-state index contributed by atoms with van der Waals surface area (Å²) in [6.45, 7) is 3.92. The van der Waals surface area contributed by atoms with Crippen molar-refractivity contribution < 1.29 is 13.2 Å². The van der Waals surface area contributed by atoms with Crippen molar-refractivity contribution >= 4 is 15.9 Å². The van der Waals surface area contributed by atoms with Crippen molar-refractivity contribution in [3.05, 3.63) is 29.8 Å². The largest absolute Gasteiger partial charge is 0.346 e. The molecule has 1 fully saturated rings. The molecule has 7 heteroatoms.